The van der Waals surface area contributed by atoms with Crippen molar-refractivity contribution in [1.82, 2.24) is 4.31 Å². The summed E-state index contributed by atoms with van der Waals surface area (Å²) in [7, 11) is -3.57. The van der Waals surface area contributed by atoms with E-state index in [1.807, 2.05) is 6.07 Å². The van der Waals surface area contributed by atoms with E-state index < -0.39 is 10.0 Å². The molecule has 0 spiro atoms. The highest BCUT2D eigenvalue weighted by Crippen LogP contribution is 2.33. The van der Waals surface area contributed by atoms with Gasteiger partial charge in [0.2, 0.25) is 10.0 Å². The molecule has 0 aliphatic heterocycles. The molecule has 19 heavy (non-hydrogen) atoms. The molecule has 1 aromatic carbocycles. The van der Waals surface area contributed by atoms with Crippen molar-refractivity contribution in [1.29, 1.82) is 5.26 Å². The van der Waals surface area contributed by atoms with Crippen LogP contribution in [0.3, 0.4) is 0 Å². The Labute approximate surface area is 121 Å². The molecule has 1 fully saturated rings. The van der Waals surface area contributed by atoms with Crippen molar-refractivity contribution in [3.05, 3.63) is 22.7 Å². The van der Waals surface area contributed by atoms with Crippen LogP contribution in [0, 0.1) is 11.3 Å². The van der Waals surface area contributed by atoms with Gasteiger partial charge in [0.15, 0.2) is 0 Å². The highest BCUT2D eigenvalue weighted by Gasteiger charge is 2.37. The van der Waals surface area contributed by atoms with Crippen molar-refractivity contribution >= 4 is 31.6 Å². The van der Waals surface area contributed by atoms with Gasteiger partial charge in [-0.15, -0.1) is 0 Å². The van der Waals surface area contributed by atoms with Crippen LogP contribution in [0.1, 0.15) is 19.3 Å². The molecule has 2 N–H and O–H groups in total. The third-order valence-corrected chi connectivity index (χ3v) is 5.64. The Morgan fingerprint density at radius 2 is 2.16 bits per heavy atom. The quantitative estimate of drug-likeness (QED) is 0.829. The number of anilines is 1. The first-order valence-corrected chi connectivity index (χ1v) is 8.14. The minimum absolute atomic E-state index is 0.0308. The molecule has 1 aliphatic carbocycles. The summed E-state index contributed by atoms with van der Waals surface area (Å²) in [5.74, 6) is 0. The average Bonchev–Trinajstić information content (AvgIpc) is 3.17. The lowest BCUT2D eigenvalue weighted by Crippen LogP contribution is -2.34. The van der Waals surface area contributed by atoms with Gasteiger partial charge in [0, 0.05) is 29.2 Å². The van der Waals surface area contributed by atoms with Crippen LogP contribution in [-0.2, 0) is 10.0 Å². The maximum Gasteiger partial charge on any atom is 0.243 e. The third-order valence-electron chi connectivity index (χ3n) is 2.97. The largest absolute Gasteiger partial charge is 0.398 e. The molecular formula is C12H14BrN3O2S. The lowest BCUT2D eigenvalue weighted by molar-refractivity contribution is 0.411. The van der Waals surface area contributed by atoms with Crippen molar-refractivity contribution in [3.8, 4) is 6.07 Å². The first-order chi connectivity index (χ1) is 8.96. The lowest BCUT2D eigenvalue weighted by Gasteiger charge is -2.21. The molecule has 0 unspecified atom stereocenters. The van der Waals surface area contributed by atoms with Crippen molar-refractivity contribution in [2.24, 2.45) is 0 Å². The summed E-state index contributed by atoms with van der Waals surface area (Å²) >= 11 is 3.24. The highest BCUT2D eigenvalue weighted by atomic mass is 79.9. The molecule has 0 saturated heterocycles. The van der Waals surface area contributed by atoms with Crippen LogP contribution < -0.4 is 5.73 Å². The Hall–Kier alpha value is -1.10. The smallest absolute Gasteiger partial charge is 0.243 e. The van der Waals surface area contributed by atoms with E-state index in [0.29, 0.717) is 10.2 Å². The van der Waals surface area contributed by atoms with E-state index in [4.69, 9.17) is 11.0 Å². The molecule has 0 heterocycles. The van der Waals surface area contributed by atoms with Crippen LogP contribution >= 0.6 is 15.9 Å². The van der Waals surface area contributed by atoms with Gasteiger partial charge in [-0.2, -0.15) is 9.57 Å². The van der Waals surface area contributed by atoms with Gasteiger partial charge < -0.3 is 5.73 Å². The zero-order valence-electron chi connectivity index (χ0n) is 10.2. The zero-order valence-corrected chi connectivity index (χ0v) is 12.6. The highest BCUT2D eigenvalue weighted by molar-refractivity contribution is 9.10. The van der Waals surface area contributed by atoms with Gasteiger partial charge in [-0.05, 0) is 47.0 Å². The Balaban J connectivity index is 2.33. The van der Waals surface area contributed by atoms with Gasteiger partial charge in [0.25, 0.3) is 0 Å². The van der Waals surface area contributed by atoms with E-state index in [1.165, 1.54) is 16.4 Å². The van der Waals surface area contributed by atoms with Gasteiger partial charge in [-0.1, -0.05) is 0 Å². The van der Waals surface area contributed by atoms with E-state index in [-0.39, 0.29) is 23.9 Å². The van der Waals surface area contributed by atoms with Gasteiger partial charge >= 0.3 is 0 Å². The SMILES string of the molecule is N#CCCN(C1CC1)S(=O)(=O)c1ccc(Br)c(N)c1. The molecule has 1 aromatic rings. The van der Waals surface area contributed by atoms with E-state index in [9.17, 15) is 8.42 Å². The summed E-state index contributed by atoms with van der Waals surface area (Å²) in [6.45, 7) is 0.236. The normalized spacial score (nSPS) is 15.4. The monoisotopic (exact) mass is 343 g/mol. The standard InChI is InChI=1S/C12H14BrN3O2S/c13-11-5-4-10(8-12(11)15)19(17,18)16(7-1-6-14)9-2-3-9/h4-5,8-9H,1-3,7,15H2. The molecule has 0 bridgehead atoms. The summed E-state index contributed by atoms with van der Waals surface area (Å²) in [6.07, 6.45) is 1.91. The number of sulfonamides is 1. The van der Waals surface area contributed by atoms with E-state index in [2.05, 4.69) is 15.9 Å². The van der Waals surface area contributed by atoms with Gasteiger partial charge in [0.05, 0.1) is 11.0 Å². The van der Waals surface area contributed by atoms with Gasteiger partial charge in [-0.25, -0.2) is 8.42 Å². The van der Waals surface area contributed by atoms with E-state index in [0.717, 1.165) is 12.8 Å². The number of rotatable bonds is 5. The van der Waals surface area contributed by atoms with Gasteiger partial charge in [-0.3, -0.25) is 0 Å². The zero-order chi connectivity index (χ0) is 14.0. The molecule has 1 saturated carbocycles. The molecule has 102 valence electrons. The first-order valence-electron chi connectivity index (χ1n) is 5.90. The van der Waals surface area contributed by atoms with Crippen LogP contribution in [0.4, 0.5) is 5.69 Å². The number of halogens is 1. The fourth-order valence-electron chi connectivity index (χ4n) is 1.84. The topological polar surface area (TPSA) is 87.2 Å². The number of hydrogen-bond donors (Lipinski definition) is 1. The summed E-state index contributed by atoms with van der Waals surface area (Å²) in [5, 5.41) is 8.64. The maximum atomic E-state index is 12.5. The number of nitriles is 1. The van der Waals surface area contributed by atoms with Crippen LogP contribution in [0.5, 0.6) is 0 Å². The van der Waals surface area contributed by atoms with Crippen molar-refractivity contribution < 1.29 is 8.42 Å². The molecule has 0 amide bonds. The minimum Gasteiger partial charge on any atom is -0.398 e. The van der Waals surface area contributed by atoms with Crippen LogP contribution in [0.25, 0.3) is 0 Å². The Kier molecular flexibility index (Phi) is 4.13. The van der Waals surface area contributed by atoms with Crippen LogP contribution in [-0.4, -0.2) is 25.3 Å². The first kappa shape index (κ1) is 14.3. The summed E-state index contributed by atoms with van der Waals surface area (Å²) < 4.78 is 27.1. The number of nitrogens with zero attached hydrogens (tertiary/aromatic N) is 2. The molecular weight excluding hydrogens is 330 g/mol. The summed E-state index contributed by atoms with van der Waals surface area (Å²) in [4.78, 5) is 0.179. The fraction of sp³-hybridized carbons (Fsp3) is 0.417. The Morgan fingerprint density at radius 3 is 2.68 bits per heavy atom. The van der Waals surface area contributed by atoms with Crippen LogP contribution in [0.15, 0.2) is 27.6 Å². The number of nitrogen functional groups attached to an aromatic ring is 1. The molecule has 5 nitrogen and oxygen atoms in total. The number of nitrogens with two attached hydrogens (primary N) is 1. The molecule has 7 heteroatoms. The number of hydrogen-bond acceptors (Lipinski definition) is 4. The Morgan fingerprint density at radius 1 is 1.47 bits per heavy atom. The third kappa shape index (κ3) is 3.08. The summed E-state index contributed by atoms with van der Waals surface area (Å²) in [6, 6.07) is 6.61. The minimum atomic E-state index is -3.57. The second-order valence-electron chi connectivity index (χ2n) is 4.44. The predicted molar refractivity (Wildman–Crippen MR) is 75.7 cm³/mol. The lowest BCUT2D eigenvalue weighted by atomic mass is 10.3. The predicted octanol–water partition coefficient (Wildman–Crippen LogP) is 2.10. The van der Waals surface area contributed by atoms with Crippen molar-refractivity contribution in [3.63, 3.8) is 0 Å². The molecule has 0 aromatic heterocycles. The van der Waals surface area contributed by atoms with Gasteiger partial charge in [0.1, 0.15) is 0 Å². The summed E-state index contributed by atoms with van der Waals surface area (Å²) in [5.41, 5.74) is 6.11. The Bertz CT molecular complexity index is 620. The van der Waals surface area contributed by atoms with Crippen molar-refractivity contribution in [2.45, 2.75) is 30.2 Å². The van der Waals surface area contributed by atoms with Crippen LogP contribution in [0.2, 0.25) is 0 Å². The van der Waals surface area contributed by atoms with E-state index in [1.54, 1.807) is 6.07 Å². The molecule has 2 rings (SSSR count). The second-order valence-corrected chi connectivity index (χ2v) is 7.18. The average molecular weight is 344 g/mol. The maximum absolute atomic E-state index is 12.5. The molecule has 0 radical (unpaired) electrons. The number of benzene rings is 1. The fourth-order valence-corrected chi connectivity index (χ4v) is 3.81. The molecule has 1 aliphatic rings. The van der Waals surface area contributed by atoms with Crippen molar-refractivity contribution in [2.75, 3.05) is 12.3 Å². The van der Waals surface area contributed by atoms with E-state index >= 15 is 0 Å². The second kappa shape index (κ2) is 5.49. The molecule has 0 atom stereocenters.